The van der Waals surface area contributed by atoms with Crippen LogP contribution in [0.15, 0.2) is 0 Å². The first kappa shape index (κ1) is 11.4. The summed E-state index contributed by atoms with van der Waals surface area (Å²) in [7, 11) is 0. The fourth-order valence-electron chi connectivity index (χ4n) is 2.89. The molecule has 0 aromatic carbocycles. The van der Waals surface area contributed by atoms with Gasteiger partial charge in [0.1, 0.15) is 0 Å². The molecule has 0 spiro atoms. The number of rotatable bonds is 3. The second kappa shape index (κ2) is 4.42. The number of nitrogens with zero attached hydrogens (tertiary/aromatic N) is 1. The first-order chi connectivity index (χ1) is 7.09. The molecule has 2 heterocycles. The van der Waals surface area contributed by atoms with E-state index in [4.69, 9.17) is 0 Å². The lowest BCUT2D eigenvalue weighted by Crippen LogP contribution is -2.53. The molecule has 1 N–H and O–H groups in total. The molecule has 2 heteroatoms. The molecule has 0 bridgehead atoms. The van der Waals surface area contributed by atoms with Crippen molar-refractivity contribution < 1.29 is 0 Å². The first-order valence-electron chi connectivity index (χ1n) is 6.52. The second-order valence-electron chi connectivity index (χ2n) is 6.26. The fraction of sp³-hybridized carbons (Fsp3) is 1.00. The van der Waals surface area contributed by atoms with Crippen LogP contribution in [0.25, 0.3) is 0 Å². The number of likely N-dealkylation sites (tertiary alicyclic amines) is 1. The van der Waals surface area contributed by atoms with Gasteiger partial charge in [0.25, 0.3) is 0 Å². The van der Waals surface area contributed by atoms with Gasteiger partial charge in [-0.2, -0.15) is 0 Å². The van der Waals surface area contributed by atoms with Crippen molar-refractivity contribution in [3.63, 3.8) is 0 Å². The summed E-state index contributed by atoms with van der Waals surface area (Å²) in [5, 5.41) is 3.46. The fourth-order valence-corrected chi connectivity index (χ4v) is 2.89. The smallest absolute Gasteiger partial charge is 0.00365 e. The minimum absolute atomic E-state index is 0.590. The molecule has 0 aromatic heterocycles. The van der Waals surface area contributed by atoms with Crippen LogP contribution in [-0.4, -0.2) is 37.6 Å². The maximum atomic E-state index is 3.46. The van der Waals surface area contributed by atoms with E-state index in [2.05, 4.69) is 31.0 Å². The number of hydrogen-bond acceptors (Lipinski definition) is 2. The molecule has 2 aliphatic rings. The predicted molar refractivity (Wildman–Crippen MR) is 65.0 cm³/mol. The minimum Gasteiger partial charge on any atom is -0.317 e. The molecule has 88 valence electrons. The molecular weight excluding hydrogens is 184 g/mol. The van der Waals surface area contributed by atoms with Crippen LogP contribution in [0.5, 0.6) is 0 Å². The van der Waals surface area contributed by atoms with Crippen molar-refractivity contribution >= 4 is 0 Å². The molecule has 15 heavy (non-hydrogen) atoms. The third-order valence-electron chi connectivity index (χ3n) is 4.34. The van der Waals surface area contributed by atoms with Crippen molar-refractivity contribution in [2.45, 2.75) is 33.6 Å². The first-order valence-corrected chi connectivity index (χ1v) is 6.52. The van der Waals surface area contributed by atoms with Crippen LogP contribution in [0.1, 0.15) is 33.6 Å². The zero-order valence-corrected chi connectivity index (χ0v) is 10.6. The Morgan fingerprint density at radius 3 is 2.40 bits per heavy atom. The highest BCUT2D eigenvalue weighted by atomic mass is 15.2. The van der Waals surface area contributed by atoms with Gasteiger partial charge < -0.3 is 10.2 Å². The molecule has 0 aromatic rings. The normalized spacial score (nSPS) is 28.0. The van der Waals surface area contributed by atoms with Crippen LogP contribution in [0, 0.1) is 17.3 Å². The summed E-state index contributed by atoms with van der Waals surface area (Å²) < 4.78 is 0. The molecule has 0 unspecified atom stereocenters. The SMILES string of the molecule is CC(C)C1CN(CC2(C)CCNCC2)C1. The lowest BCUT2D eigenvalue weighted by molar-refractivity contribution is 0.0200. The van der Waals surface area contributed by atoms with E-state index in [0.29, 0.717) is 5.41 Å². The summed E-state index contributed by atoms with van der Waals surface area (Å²) in [6.45, 7) is 13.6. The van der Waals surface area contributed by atoms with E-state index in [0.717, 1.165) is 11.8 Å². The molecule has 2 fully saturated rings. The van der Waals surface area contributed by atoms with Crippen LogP contribution in [0.2, 0.25) is 0 Å². The van der Waals surface area contributed by atoms with Gasteiger partial charge >= 0.3 is 0 Å². The molecule has 0 radical (unpaired) electrons. The van der Waals surface area contributed by atoms with E-state index in [1.165, 1.54) is 45.6 Å². The van der Waals surface area contributed by atoms with Crippen LogP contribution in [-0.2, 0) is 0 Å². The topological polar surface area (TPSA) is 15.3 Å². The van der Waals surface area contributed by atoms with E-state index in [-0.39, 0.29) is 0 Å². The molecule has 2 saturated heterocycles. The average molecular weight is 210 g/mol. The monoisotopic (exact) mass is 210 g/mol. The van der Waals surface area contributed by atoms with Crippen molar-refractivity contribution in [1.82, 2.24) is 10.2 Å². The predicted octanol–water partition coefficient (Wildman–Crippen LogP) is 1.96. The summed E-state index contributed by atoms with van der Waals surface area (Å²) in [6.07, 6.45) is 2.71. The quantitative estimate of drug-likeness (QED) is 0.766. The van der Waals surface area contributed by atoms with Gasteiger partial charge in [0, 0.05) is 19.6 Å². The van der Waals surface area contributed by atoms with E-state index in [1.807, 2.05) is 0 Å². The molecule has 2 rings (SSSR count). The third-order valence-corrected chi connectivity index (χ3v) is 4.34. The van der Waals surface area contributed by atoms with Crippen molar-refractivity contribution in [3.05, 3.63) is 0 Å². The van der Waals surface area contributed by atoms with E-state index in [9.17, 15) is 0 Å². The molecular formula is C13H26N2. The standard InChI is InChI=1S/C13H26N2/c1-11(2)12-8-15(9-12)10-13(3)4-6-14-7-5-13/h11-12,14H,4-10H2,1-3H3. The van der Waals surface area contributed by atoms with Gasteiger partial charge in [-0.3, -0.25) is 0 Å². The molecule has 2 aliphatic heterocycles. The van der Waals surface area contributed by atoms with Gasteiger partial charge in [0.05, 0.1) is 0 Å². The third kappa shape index (κ3) is 2.73. The summed E-state index contributed by atoms with van der Waals surface area (Å²) >= 11 is 0. The van der Waals surface area contributed by atoms with Crippen LogP contribution >= 0.6 is 0 Å². The van der Waals surface area contributed by atoms with Crippen molar-refractivity contribution in [2.75, 3.05) is 32.7 Å². The molecule has 2 nitrogen and oxygen atoms in total. The zero-order valence-electron chi connectivity index (χ0n) is 10.6. The Kier molecular flexibility index (Phi) is 3.36. The van der Waals surface area contributed by atoms with Gasteiger partial charge in [-0.15, -0.1) is 0 Å². The largest absolute Gasteiger partial charge is 0.317 e. The highest BCUT2D eigenvalue weighted by Crippen LogP contribution is 2.33. The molecule has 0 aliphatic carbocycles. The van der Waals surface area contributed by atoms with Gasteiger partial charge in [0.2, 0.25) is 0 Å². The van der Waals surface area contributed by atoms with Gasteiger partial charge in [-0.1, -0.05) is 20.8 Å². The van der Waals surface area contributed by atoms with Crippen molar-refractivity contribution in [1.29, 1.82) is 0 Å². The lowest BCUT2D eigenvalue weighted by atomic mass is 9.78. The summed E-state index contributed by atoms with van der Waals surface area (Å²) in [5.41, 5.74) is 0.590. The van der Waals surface area contributed by atoms with Crippen LogP contribution < -0.4 is 5.32 Å². The Morgan fingerprint density at radius 2 is 1.87 bits per heavy atom. The molecule has 0 amide bonds. The van der Waals surface area contributed by atoms with Gasteiger partial charge in [-0.05, 0) is 43.2 Å². The Hall–Kier alpha value is -0.0800. The molecule has 0 atom stereocenters. The van der Waals surface area contributed by atoms with Crippen molar-refractivity contribution in [3.8, 4) is 0 Å². The number of piperidine rings is 1. The van der Waals surface area contributed by atoms with E-state index in [1.54, 1.807) is 0 Å². The Balaban J connectivity index is 1.74. The maximum Gasteiger partial charge on any atom is 0.00365 e. The maximum absolute atomic E-state index is 3.46. The van der Waals surface area contributed by atoms with E-state index < -0.39 is 0 Å². The van der Waals surface area contributed by atoms with Gasteiger partial charge in [0.15, 0.2) is 0 Å². The van der Waals surface area contributed by atoms with Gasteiger partial charge in [-0.25, -0.2) is 0 Å². The second-order valence-corrected chi connectivity index (χ2v) is 6.26. The Labute approximate surface area is 94.4 Å². The van der Waals surface area contributed by atoms with Crippen LogP contribution in [0.3, 0.4) is 0 Å². The average Bonchev–Trinajstić information content (AvgIpc) is 2.11. The minimum atomic E-state index is 0.590. The van der Waals surface area contributed by atoms with Crippen molar-refractivity contribution in [2.24, 2.45) is 17.3 Å². The number of hydrogen-bond donors (Lipinski definition) is 1. The van der Waals surface area contributed by atoms with Crippen LogP contribution in [0.4, 0.5) is 0 Å². The lowest BCUT2D eigenvalue weighted by Gasteiger charge is -2.47. The summed E-state index contributed by atoms with van der Waals surface area (Å²) in [4.78, 5) is 2.66. The Bertz CT molecular complexity index is 201. The highest BCUT2D eigenvalue weighted by molar-refractivity contribution is 4.89. The summed E-state index contributed by atoms with van der Waals surface area (Å²) in [5.74, 6) is 1.84. The number of nitrogens with one attached hydrogen (secondary N) is 1. The molecule has 0 saturated carbocycles. The van der Waals surface area contributed by atoms with E-state index >= 15 is 0 Å². The zero-order chi connectivity index (χ0) is 10.9. The summed E-state index contributed by atoms with van der Waals surface area (Å²) in [6, 6.07) is 0. The highest BCUT2D eigenvalue weighted by Gasteiger charge is 2.35. The Morgan fingerprint density at radius 1 is 1.27 bits per heavy atom.